The molecule has 1 N–H and O–H groups in total. The number of ether oxygens (including phenoxy) is 2. The van der Waals surface area contributed by atoms with Crippen LogP contribution in [0.1, 0.15) is 11.1 Å². The van der Waals surface area contributed by atoms with Crippen molar-refractivity contribution >= 4 is 23.2 Å². The van der Waals surface area contributed by atoms with Gasteiger partial charge in [-0.2, -0.15) is 13.2 Å². The molecule has 0 atom stereocenters. The second-order valence-corrected chi connectivity index (χ2v) is 6.47. The van der Waals surface area contributed by atoms with Crippen LogP contribution in [0.2, 0.25) is 5.02 Å². The summed E-state index contributed by atoms with van der Waals surface area (Å²) in [6, 6.07) is 8.16. The van der Waals surface area contributed by atoms with Gasteiger partial charge < -0.3 is 14.8 Å². The highest BCUT2D eigenvalue weighted by molar-refractivity contribution is 6.33. The Balaban J connectivity index is 2.06. The Morgan fingerprint density at radius 1 is 1.18 bits per heavy atom. The van der Waals surface area contributed by atoms with Crippen LogP contribution in [0.5, 0.6) is 11.5 Å². The maximum atomic E-state index is 12.8. The molecule has 0 aromatic heterocycles. The van der Waals surface area contributed by atoms with E-state index in [1.165, 1.54) is 14.2 Å². The first kappa shape index (κ1) is 21.8. The molecule has 0 aliphatic heterocycles. The first-order chi connectivity index (χ1) is 13.2. The molecule has 5 nitrogen and oxygen atoms in total. The number of alkyl halides is 3. The molecule has 2 rings (SSSR count). The molecule has 1 amide bonds. The van der Waals surface area contributed by atoms with Crippen molar-refractivity contribution in [2.75, 3.05) is 33.1 Å². The van der Waals surface area contributed by atoms with Gasteiger partial charge in [-0.3, -0.25) is 9.69 Å². The van der Waals surface area contributed by atoms with Crippen molar-refractivity contribution in [2.24, 2.45) is 0 Å². The first-order valence-corrected chi connectivity index (χ1v) is 8.58. The van der Waals surface area contributed by atoms with E-state index in [0.29, 0.717) is 18.0 Å². The van der Waals surface area contributed by atoms with Crippen LogP contribution in [-0.2, 0) is 17.5 Å². The molecular formula is C19H20ClF3N2O3. The van der Waals surface area contributed by atoms with E-state index in [1.807, 2.05) is 6.07 Å². The third kappa shape index (κ3) is 5.53. The van der Waals surface area contributed by atoms with E-state index >= 15 is 0 Å². The van der Waals surface area contributed by atoms with Crippen LogP contribution < -0.4 is 14.8 Å². The van der Waals surface area contributed by atoms with Gasteiger partial charge in [0.05, 0.1) is 37.0 Å². The van der Waals surface area contributed by atoms with Crippen molar-refractivity contribution in [2.45, 2.75) is 12.7 Å². The molecule has 2 aromatic rings. The summed E-state index contributed by atoms with van der Waals surface area (Å²) >= 11 is 5.90. The van der Waals surface area contributed by atoms with Crippen LogP contribution in [0.4, 0.5) is 18.9 Å². The predicted molar refractivity (Wildman–Crippen MR) is 101 cm³/mol. The summed E-state index contributed by atoms with van der Waals surface area (Å²) in [6.45, 7) is 0.303. The molecule has 28 heavy (non-hydrogen) atoms. The lowest BCUT2D eigenvalue weighted by molar-refractivity contribution is -0.137. The Morgan fingerprint density at radius 2 is 1.89 bits per heavy atom. The van der Waals surface area contributed by atoms with Crippen LogP contribution in [0, 0.1) is 0 Å². The molecule has 0 unspecified atom stereocenters. The molecule has 9 heteroatoms. The number of methoxy groups -OCH3 is 2. The van der Waals surface area contributed by atoms with Gasteiger partial charge in [-0.1, -0.05) is 23.7 Å². The molecule has 2 aromatic carbocycles. The molecule has 0 saturated heterocycles. The summed E-state index contributed by atoms with van der Waals surface area (Å²) in [4.78, 5) is 13.9. The van der Waals surface area contributed by atoms with Crippen LogP contribution in [0.25, 0.3) is 0 Å². The van der Waals surface area contributed by atoms with Gasteiger partial charge in [-0.05, 0) is 31.3 Å². The van der Waals surface area contributed by atoms with E-state index in [0.717, 1.165) is 23.8 Å². The van der Waals surface area contributed by atoms with Gasteiger partial charge in [0.1, 0.15) is 0 Å². The number of carbonyl (C=O) groups is 1. The summed E-state index contributed by atoms with van der Waals surface area (Å²) in [5.41, 5.74) is -0.176. The Morgan fingerprint density at radius 3 is 2.50 bits per heavy atom. The predicted octanol–water partition coefficient (Wildman–Crippen LogP) is 4.45. The number of likely N-dealkylation sites (N-methyl/N-ethyl adjacent to an activating group) is 1. The zero-order chi connectivity index (χ0) is 20.9. The second-order valence-electron chi connectivity index (χ2n) is 6.07. The van der Waals surface area contributed by atoms with Crippen LogP contribution >= 0.6 is 11.6 Å². The molecule has 0 heterocycles. The highest BCUT2D eigenvalue weighted by atomic mass is 35.5. The fourth-order valence-corrected chi connectivity index (χ4v) is 2.82. The highest BCUT2D eigenvalue weighted by Gasteiger charge is 2.31. The maximum absolute atomic E-state index is 12.8. The summed E-state index contributed by atoms with van der Waals surface area (Å²) in [6.07, 6.45) is -4.52. The fourth-order valence-electron chi connectivity index (χ4n) is 2.66. The van der Waals surface area contributed by atoms with E-state index in [1.54, 1.807) is 24.1 Å². The molecule has 152 valence electrons. The SMILES string of the molecule is COc1cccc(CN(C)CC(=O)Nc2cc(C(F)(F)F)ccc2Cl)c1OC. The number of benzene rings is 2. The monoisotopic (exact) mass is 416 g/mol. The quantitative estimate of drug-likeness (QED) is 0.724. The number of halogens is 4. The minimum atomic E-state index is -4.52. The van der Waals surface area contributed by atoms with E-state index in [2.05, 4.69) is 5.32 Å². The number of hydrogen-bond donors (Lipinski definition) is 1. The molecule has 0 bridgehead atoms. The van der Waals surface area contributed by atoms with Gasteiger partial charge in [0.25, 0.3) is 0 Å². The first-order valence-electron chi connectivity index (χ1n) is 8.20. The Hall–Kier alpha value is -2.45. The topological polar surface area (TPSA) is 50.8 Å². The average Bonchev–Trinajstić information content (AvgIpc) is 2.62. The van der Waals surface area contributed by atoms with Gasteiger partial charge >= 0.3 is 6.18 Å². The van der Waals surface area contributed by atoms with Crippen LogP contribution in [0.15, 0.2) is 36.4 Å². The summed E-state index contributed by atoms with van der Waals surface area (Å²) < 4.78 is 49.1. The maximum Gasteiger partial charge on any atom is 0.416 e. The van der Waals surface area contributed by atoms with Gasteiger partial charge in [0, 0.05) is 12.1 Å². The zero-order valence-corrected chi connectivity index (χ0v) is 16.3. The molecule has 0 aliphatic rings. The lowest BCUT2D eigenvalue weighted by Crippen LogP contribution is -2.30. The Labute approximate surface area is 166 Å². The van der Waals surface area contributed by atoms with Crippen molar-refractivity contribution in [3.63, 3.8) is 0 Å². The molecular weight excluding hydrogens is 397 g/mol. The molecule has 0 saturated carbocycles. The number of anilines is 1. The molecule has 0 aliphatic carbocycles. The van der Waals surface area contributed by atoms with E-state index in [9.17, 15) is 18.0 Å². The molecule has 0 spiro atoms. The largest absolute Gasteiger partial charge is 0.493 e. The van der Waals surface area contributed by atoms with E-state index < -0.39 is 17.6 Å². The van der Waals surface area contributed by atoms with Crippen molar-refractivity contribution in [3.8, 4) is 11.5 Å². The third-order valence-electron chi connectivity index (χ3n) is 3.91. The Bertz CT molecular complexity index is 844. The normalized spacial score (nSPS) is 11.4. The van der Waals surface area contributed by atoms with Crippen molar-refractivity contribution < 1.29 is 27.4 Å². The minimum Gasteiger partial charge on any atom is -0.493 e. The number of carbonyl (C=O) groups excluding carboxylic acids is 1. The number of nitrogens with one attached hydrogen (secondary N) is 1. The van der Waals surface area contributed by atoms with Crippen LogP contribution in [-0.4, -0.2) is 38.6 Å². The zero-order valence-electron chi connectivity index (χ0n) is 15.6. The summed E-state index contributed by atoms with van der Waals surface area (Å²) in [5, 5.41) is 2.45. The van der Waals surface area contributed by atoms with Crippen molar-refractivity contribution in [1.82, 2.24) is 4.90 Å². The smallest absolute Gasteiger partial charge is 0.416 e. The van der Waals surface area contributed by atoms with Crippen molar-refractivity contribution in [1.29, 1.82) is 0 Å². The van der Waals surface area contributed by atoms with Gasteiger partial charge in [0.15, 0.2) is 11.5 Å². The van der Waals surface area contributed by atoms with Crippen molar-refractivity contribution in [3.05, 3.63) is 52.5 Å². The summed E-state index contributed by atoms with van der Waals surface area (Å²) in [7, 11) is 4.74. The van der Waals surface area contributed by atoms with Gasteiger partial charge in [-0.15, -0.1) is 0 Å². The molecule has 0 fully saturated rings. The standard InChI is InChI=1S/C19H20ClF3N2O3/c1-25(10-12-5-4-6-16(27-2)18(12)28-3)11-17(26)24-15-9-13(19(21,22)23)7-8-14(15)20/h4-9H,10-11H2,1-3H3,(H,24,26). The number of para-hydroxylation sites is 1. The van der Waals surface area contributed by atoms with Gasteiger partial charge in [0.2, 0.25) is 5.91 Å². The highest BCUT2D eigenvalue weighted by Crippen LogP contribution is 2.34. The van der Waals surface area contributed by atoms with Crippen LogP contribution in [0.3, 0.4) is 0 Å². The lowest BCUT2D eigenvalue weighted by atomic mass is 10.1. The van der Waals surface area contributed by atoms with E-state index in [-0.39, 0.29) is 17.3 Å². The summed E-state index contributed by atoms with van der Waals surface area (Å²) in [5.74, 6) is 0.623. The number of nitrogens with zero attached hydrogens (tertiary/aromatic N) is 1. The average molecular weight is 417 g/mol. The second kappa shape index (κ2) is 9.16. The Kier molecular flexibility index (Phi) is 7.15. The number of rotatable bonds is 7. The molecule has 0 radical (unpaired) electrons. The number of hydrogen-bond acceptors (Lipinski definition) is 4. The third-order valence-corrected chi connectivity index (χ3v) is 4.24. The lowest BCUT2D eigenvalue weighted by Gasteiger charge is -2.19. The fraction of sp³-hybridized carbons (Fsp3) is 0.316. The van der Waals surface area contributed by atoms with E-state index in [4.69, 9.17) is 21.1 Å². The number of amides is 1. The van der Waals surface area contributed by atoms with Gasteiger partial charge in [-0.25, -0.2) is 0 Å². The minimum absolute atomic E-state index is 0.0264.